The van der Waals surface area contributed by atoms with E-state index in [4.69, 9.17) is 11.6 Å². The topological polar surface area (TPSA) is 63.4 Å². The first kappa shape index (κ1) is 14.3. The number of aliphatic hydroxyl groups excluding tert-OH is 1. The molecule has 6 heteroatoms. The smallest absolute Gasteiger partial charge is 0.269 e. The van der Waals surface area contributed by atoms with E-state index in [0.717, 1.165) is 5.56 Å². The van der Waals surface area contributed by atoms with Crippen LogP contribution in [0.4, 0.5) is 5.69 Å². The van der Waals surface area contributed by atoms with Gasteiger partial charge in [-0.25, -0.2) is 0 Å². The average Bonchev–Trinajstić information content (AvgIpc) is 2.26. The summed E-state index contributed by atoms with van der Waals surface area (Å²) in [4.78, 5) is 10.2. The second-order valence-corrected chi connectivity index (χ2v) is 5.56. The number of aliphatic hydroxyl groups is 1. The minimum atomic E-state index is -0.442. The molecule has 0 radical (unpaired) electrons. The van der Waals surface area contributed by atoms with Crippen molar-refractivity contribution in [3.63, 3.8) is 0 Å². The summed E-state index contributed by atoms with van der Waals surface area (Å²) in [7, 11) is 0. The lowest BCUT2D eigenvalue weighted by molar-refractivity contribution is -0.384. The molecule has 2 unspecified atom stereocenters. The Hall–Kier alpha value is -0.780. The number of rotatable bonds is 5. The van der Waals surface area contributed by atoms with Gasteiger partial charge in [0.1, 0.15) is 0 Å². The lowest BCUT2D eigenvalue weighted by Gasteiger charge is -2.14. The van der Waals surface area contributed by atoms with E-state index in [2.05, 4.69) is 0 Å². The summed E-state index contributed by atoms with van der Waals surface area (Å²) >= 11 is 7.48. The molecule has 0 amide bonds. The number of non-ortho nitro benzene ring substituents is 1. The van der Waals surface area contributed by atoms with Crippen molar-refractivity contribution in [3.05, 3.63) is 38.9 Å². The monoisotopic (exact) mass is 275 g/mol. The summed E-state index contributed by atoms with van der Waals surface area (Å²) in [6.07, 6.45) is -0.419. The van der Waals surface area contributed by atoms with Gasteiger partial charge < -0.3 is 5.11 Å². The summed E-state index contributed by atoms with van der Waals surface area (Å²) in [6, 6.07) is 4.39. The third-order valence-corrected chi connectivity index (χ3v) is 4.19. The summed E-state index contributed by atoms with van der Waals surface area (Å²) in [5, 5.41) is 20.6. The zero-order valence-electron chi connectivity index (χ0n) is 9.59. The molecular formula is C11H14ClNO3S. The highest BCUT2D eigenvalue weighted by Gasteiger charge is 2.13. The molecule has 0 aliphatic heterocycles. The van der Waals surface area contributed by atoms with Gasteiger partial charge in [0, 0.05) is 28.2 Å². The molecule has 0 saturated carbocycles. The Kier molecular flexibility index (Phi) is 5.24. The van der Waals surface area contributed by atoms with E-state index in [9.17, 15) is 15.2 Å². The first-order chi connectivity index (χ1) is 7.91. The SMILES string of the molecule is CC(O)C(C)SCc1cc([N+](=O)[O-])ccc1Cl. The van der Waals surface area contributed by atoms with Crippen LogP contribution in [-0.2, 0) is 5.75 Å². The Bertz CT molecular complexity index is 412. The van der Waals surface area contributed by atoms with Crippen LogP contribution in [0.25, 0.3) is 0 Å². The van der Waals surface area contributed by atoms with Gasteiger partial charge in [-0.3, -0.25) is 10.1 Å². The van der Waals surface area contributed by atoms with Gasteiger partial charge in [-0.05, 0) is 18.6 Å². The molecule has 1 N–H and O–H groups in total. The fourth-order valence-corrected chi connectivity index (χ4v) is 2.37. The van der Waals surface area contributed by atoms with Gasteiger partial charge in [0.25, 0.3) is 5.69 Å². The predicted molar refractivity (Wildman–Crippen MR) is 70.5 cm³/mol. The highest BCUT2D eigenvalue weighted by Crippen LogP contribution is 2.28. The van der Waals surface area contributed by atoms with Gasteiger partial charge in [-0.2, -0.15) is 11.8 Å². The number of hydrogen-bond donors (Lipinski definition) is 1. The van der Waals surface area contributed by atoms with Gasteiger partial charge in [-0.15, -0.1) is 0 Å². The van der Waals surface area contributed by atoms with E-state index >= 15 is 0 Å². The van der Waals surface area contributed by atoms with Crippen LogP contribution >= 0.6 is 23.4 Å². The molecule has 0 spiro atoms. The number of nitrogens with zero attached hydrogens (tertiary/aromatic N) is 1. The standard InChI is InChI=1S/C11H14ClNO3S/c1-7(14)8(2)17-6-9-5-10(13(15)16)3-4-11(9)12/h3-5,7-8,14H,6H2,1-2H3. The number of benzene rings is 1. The minimum Gasteiger partial charge on any atom is -0.392 e. The average molecular weight is 276 g/mol. The van der Waals surface area contributed by atoms with Gasteiger partial charge in [-0.1, -0.05) is 18.5 Å². The molecule has 0 aliphatic rings. The largest absolute Gasteiger partial charge is 0.392 e. The normalized spacial score (nSPS) is 14.4. The van der Waals surface area contributed by atoms with Crippen molar-refractivity contribution >= 4 is 29.1 Å². The fraction of sp³-hybridized carbons (Fsp3) is 0.455. The Balaban J connectivity index is 2.76. The van der Waals surface area contributed by atoms with Gasteiger partial charge >= 0.3 is 0 Å². The number of nitro benzene ring substituents is 1. The van der Waals surface area contributed by atoms with Crippen LogP contribution in [0, 0.1) is 10.1 Å². The van der Waals surface area contributed by atoms with Crippen LogP contribution in [0.2, 0.25) is 5.02 Å². The Morgan fingerprint density at radius 1 is 1.53 bits per heavy atom. The molecule has 2 atom stereocenters. The Morgan fingerprint density at radius 3 is 2.71 bits per heavy atom. The minimum absolute atomic E-state index is 0.0368. The number of halogens is 1. The van der Waals surface area contributed by atoms with E-state index in [1.54, 1.807) is 6.92 Å². The molecule has 17 heavy (non-hydrogen) atoms. The predicted octanol–water partition coefficient (Wildman–Crippen LogP) is 3.25. The van der Waals surface area contributed by atoms with Crippen molar-refractivity contribution in [3.8, 4) is 0 Å². The molecule has 4 nitrogen and oxygen atoms in total. The molecule has 0 bridgehead atoms. The van der Waals surface area contributed by atoms with Crippen LogP contribution in [0.3, 0.4) is 0 Å². The van der Waals surface area contributed by atoms with E-state index in [1.807, 2.05) is 6.92 Å². The number of nitro groups is 1. The summed E-state index contributed by atoms with van der Waals surface area (Å²) in [5.74, 6) is 0.548. The lowest BCUT2D eigenvalue weighted by Crippen LogP contribution is -2.15. The van der Waals surface area contributed by atoms with Gasteiger partial charge in [0.15, 0.2) is 0 Å². The van der Waals surface area contributed by atoms with Crippen molar-refractivity contribution < 1.29 is 10.0 Å². The lowest BCUT2D eigenvalue weighted by atomic mass is 10.2. The maximum Gasteiger partial charge on any atom is 0.269 e. The van der Waals surface area contributed by atoms with E-state index < -0.39 is 11.0 Å². The van der Waals surface area contributed by atoms with E-state index in [-0.39, 0.29) is 10.9 Å². The Labute approximate surface area is 109 Å². The first-order valence-electron chi connectivity index (χ1n) is 5.14. The van der Waals surface area contributed by atoms with Crippen LogP contribution < -0.4 is 0 Å². The first-order valence-corrected chi connectivity index (χ1v) is 6.57. The van der Waals surface area contributed by atoms with E-state index in [1.165, 1.54) is 30.0 Å². The molecule has 0 heterocycles. The van der Waals surface area contributed by atoms with Crippen molar-refractivity contribution in [2.75, 3.05) is 0 Å². The highest BCUT2D eigenvalue weighted by atomic mass is 35.5. The van der Waals surface area contributed by atoms with Gasteiger partial charge in [0.05, 0.1) is 11.0 Å². The number of hydrogen-bond acceptors (Lipinski definition) is 4. The van der Waals surface area contributed by atoms with Crippen molar-refractivity contribution in [2.45, 2.75) is 31.0 Å². The quantitative estimate of drug-likeness (QED) is 0.662. The molecule has 1 aromatic rings. The third-order valence-electron chi connectivity index (χ3n) is 2.42. The molecule has 0 aromatic heterocycles. The van der Waals surface area contributed by atoms with Crippen LogP contribution in [0.5, 0.6) is 0 Å². The van der Waals surface area contributed by atoms with E-state index in [0.29, 0.717) is 10.8 Å². The summed E-state index contributed by atoms with van der Waals surface area (Å²) in [6.45, 7) is 3.62. The molecule has 0 fully saturated rings. The second-order valence-electron chi connectivity index (χ2n) is 3.79. The summed E-state index contributed by atoms with van der Waals surface area (Å²) in [5.41, 5.74) is 0.757. The molecule has 1 rings (SSSR count). The molecule has 94 valence electrons. The third kappa shape index (κ3) is 4.18. The van der Waals surface area contributed by atoms with Crippen molar-refractivity contribution in [1.29, 1.82) is 0 Å². The number of thioether (sulfide) groups is 1. The molecular weight excluding hydrogens is 262 g/mol. The second kappa shape index (κ2) is 6.23. The zero-order chi connectivity index (χ0) is 13.0. The van der Waals surface area contributed by atoms with Crippen LogP contribution in [0.1, 0.15) is 19.4 Å². The fourth-order valence-electron chi connectivity index (χ4n) is 1.15. The maximum absolute atomic E-state index is 10.6. The molecule has 0 saturated heterocycles. The van der Waals surface area contributed by atoms with Crippen LogP contribution in [-0.4, -0.2) is 21.4 Å². The molecule has 1 aromatic carbocycles. The molecule has 0 aliphatic carbocycles. The highest BCUT2D eigenvalue weighted by molar-refractivity contribution is 7.99. The Morgan fingerprint density at radius 2 is 2.18 bits per heavy atom. The van der Waals surface area contributed by atoms with Crippen molar-refractivity contribution in [1.82, 2.24) is 0 Å². The zero-order valence-corrected chi connectivity index (χ0v) is 11.2. The maximum atomic E-state index is 10.6. The van der Waals surface area contributed by atoms with Gasteiger partial charge in [0.2, 0.25) is 0 Å². The van der Waals surface area contributed by atoms with Crippen LogP contribution in [0.15, 0.2) is 18.2 Å². The van der Waals surface area contributed by atoms with Crippen molar-refractivity contribution in [2.24, 2.45) is 0 Å². The summed E-state index contributed by atoms with van der Waals surface area (Å²) < 4.78 is 0.